The van der Waals surface area contributed by atoms with Crippen molar-refractivity contribution < 1.29 is 18.0 Å². The lowest BCUT2D eigenvalue weighted by Crippen LogP contribution is -2.46. The van der Waals surface area contributed by atoms with Crippen LogP contribution < -0.4 is 10.2 Å². The molecule has 5 nitrogen and oxygen atoms in total. The molecule has 1 fully saturated rings. The third-order valence-corrected chi connectivity index (χ3v) is 5.23. The number of pyridine rings is 1. The van der Waals surface area contributed by atoms with Crippen molar-refractivity contribution in [2.75, 3.05) is 36.4 Å². The summed E-state index contributed by atoms with van der Waals surface area (Å²) in [5.41, 5.74) is 0.922. The summed E-state index contributed by atoms with van der Waals surface area (Å²) in [6.45, 7) is 3.26. The SMILES string of the molecule is O=C(Nc1ccc(N2CCN(Cc3ccc(F)cc3F)CC2)nc1)c1ccccc1F. The molecule has 0 radical (unpaired) electrons. The summed E-state index contributed by atoms with van der Waals surface area (Å²) in [4.78, 5) is 20.8. The molecule has 1 aliphatic heterocycles. The molecule has 2 heterocycles. The summed E-state index contributed by atoms with van der Waals surface area (Å²) in [5, 5.41) is 2.64. The molecule has 160 valence electrons. The summed E-state index contributed by atoms with van der Waals surface area (Å²) in [6.07, 6.45) is 1.54. The molecule has 0 unspecified atom stereocenters. The molecular weight excluding hydrogens is 405 g/mol. The Morgan fingerprint density at radius 2 is 1.71 bits per heavy atom. The third-order valence-electron chi connectivity index (χ3n) is 5.23. The number of halogens is 3. The zero-order chi connectivity index (χ0) is 21.8. The van der Waals surface area contributed by atoms with Gasteiger partial charge in [-0.1, -0.05) is 18.2 Å². The molecule has 0 saturated carbocycles. The van der Waals surface area contributed by atoms with Gasteiger partial charge in [-0.15, -0.1) is 0 Å². The minimum Gasteiger partial charge on any atom is -0.354 e. The number of amides is 1. The predicted molar refractivity (Wildman–Crippen MR) is 112 cm³/mol. The topological polar surface area (TPSA) is 48.5 Å². The normalized spacial score (nSPS) is 14.5. The molecule has 0 aliphatic carbocycles. The van der Waals surface area contributed by atoms with Crippen LogP contribution in [0.1, 0.15) is 15.9 Å². The van der Waals surface area contributed by atoms with Gasteiger partial charge >= 0.3 is 0 Å². The largest absolute Gasteiger partial charge is 0.354 e. The Hall–Kier alpha value is -3.39. The fourth-order valence-electron chi connectivity index (χ4n) is 3.52. The zero-order valence-corrected chi connectivity index (χ0v) is 16.7. The van der Waals surface area contributed by atoms with E-state index in [-0.39, 0.29) is 5.56 Å². The first-order chi connectivity index (χ1) is 15.0. The molecule has 1 aromatic heterocycles. The maximum atomic E-state index is 13.9. The van der Waals surface area contributed by atoms with Crippen LogP contribution in [0.25, 0.3) is 0 Å². The minimum atomic E-state index is -0.581. The standard InChI is InChI=1S/C23H21F3N4O/c24-17-6-5-16(21(26)13-17)15-29-9-11-30(12-10-29)22-8-7-18(14-27-22)28-23(31)19-3-1-2-4-20(19)25/h1-8,13-14H,9-12,15H2,(H,28,31). The average molecular weight is 426 g/mol. The number of carbonyl (C=O) groups excluding carboxylic acids is 1. The number of carbonyl (C=O) groups is 1. The number of nitrogens with one attached hydrogen (secondary N) is 1. The van der Waals surface area contributed by atoms with E-state index in [9.17, 15) is 18.0 Å². The minimum absolute atomic E-state index is 0.0275. The monoisotopic (exact) mass is 426 g/mol. The molecule has 3 aromatic rings. The second kappa shape index (κ2) is 9.18. The van der Waals surface area contributed by atoms with E-state index >= 15 is 0 Å². The van der Waals surface area contributed by atoms with Crippen LogP contribution in [-0.4, -0.2) is 42.0 Å². The van der Waals surface area contributed by atoms with Crippen molar-refractivity contribution in [3.8, 4) is 0 Å². The first-order valence-corrected chi connectivity index (χ1v) is 9.93. The lowest BCUT2D eigenvalue weighted by atomic mass is 10.1. The Morgan fingerprint density at radius 3 is 2.39 bits per heavy atom. The van der Waals surface area contributed by atoms with Crippen molar-refractivity contribution >= 4 is 17.4 Å². The number of nitrogens with zero attached hydrogens (tertiary/aromatic N) is 3. The van der Waals surface area contributed by atoms with Crippen LogP contribution in [0.4, 0.5) is 24.7 Å². The molecule has 1 saturated heterocycles. The predicted octanol–water partition coefficient (Wildman–Crippen LogP) is 4.07. The van der Waals surface area contributed by atoms with Gasteiger partial charge in [-0.2, -0.15) is 0 Å². The van der Waals surface area contributed by atoms with Crippen molar-refractivity contribution in [2.45, 2.75) is 6.54 Å². The van der Waals surface area contributed by atoms with E-state index < -0.39 is 23.4 Å². The van der Waals surface area contributed by atoms with Crippen LogP contribution in [0.15, 0.2) is 60.8 Å². The fourth-order valence-corrected chi connectivity index (χ4v) is 3.52. The van der Waals surface area contributed by atoms with E-state index in [4.69, 9.17) is 0 Å². The van der Waals surface area contributed by atoms with E-state index in [1.165, 1.54) is 36.5 Å². The third kappa shape index (κ3) is 5.03. The molecule has 1 N–H and O–H groups in total. The van der Waals surface area contributed by atoms with Gasteiger partial charge in [0, 0.05) is 44.4 Å². The number of hydrogen-bond acceptors (Lipinski definition) is 4. The number of aromatic nitrogens is 1. The van der Waals surface area contributed by atoms with Crippen molar-refractivity contribution in [3.05, 3.63) is 89.4 Å². The summed E-state index contributed by atoms with van der Waals surface area (Å²) < 4.78 is 40.7. The van der Waals surface area contributed by atoms with Gasteiger partial charge < -0.3 is 10.2 Å². The molecule has 8 heteroatoms. The quantitative estimate of drug-likeness (QED) is 0.668. The highest BCUT2D eigenvalue weighted by molar-refractivity contribution is 6.04. The van der Waals surface area contributed by atoms with Gasteiger partial charge in [0.2, 0.25) is 0 Å². The van der Waals surface area contributed by atoms with Crippen molar-refractivity contribution in [3.63, 3.8) is 0 Å². The van der Waals surface area contributed by atoms with Gasteiger partial charge in [0.25, 0.3) is 5.91 Å². The van der Waals surface area contributed by atoms with Crippen LogP contribution >= 0.6 is 0 Å². The Balaban J connectivity index is 1.32. The molecule has 1 amide bonds. The zero-order valence-electron chi connectivity index (χ0n) is 16.7. The second-order valence-corrected chi connectivity index (χ2v) is 7.34. The van der Waals surface area contributed by atoms with E-state index in [0.717, 1.165) is 11.9 Å². The van der Waals surface area contributed by atoms with Gasteiger partial charge in [-0.05, 0) is 30.3 Å². The molecular formula is C23H21F3N4O. The van der Waals surface area contributed by atoms with Crippen LogP contribution in [0.3, 0.4) is 0 Å². The maximum absolute atomic E-state index is 13.9. The number of benzene rings is 2. The van der Waals surface area contributed by atoms with E-state index in [2.05, 4.69) is 20.1 Å². The highest BCUT2D eigenvalue weighted by Gasteiger charge is 2.19. The summed E-state index contributed by atoms with van der Waals surface area (Å²) in [7, 11) is 0. The van der Waals surface area contributed by atoms with Crippen LogP contribution in [0, 0.1) is 17.5 Å². The number of piperazine rings is 1. The van der Waals surface area contributed by atoms with Crippen LogP contribution in [0.2, 0.25) is 0 Å². The molecule has 0 atom stereocenters. The summed E-state index contributed by atoms with van der Waals surface area (Å²) in [6, 6.07) is 13.0. The first-order valence-electron chi connectivity index (χ1n) is 9.93. The van der Waals surface area contributed by atoms with Crippen LogP contribution in [0.5, 0.6) is 0 Å². The van der Waals surface area contributed by atoms with Gasteiger partial charge in [0.05, 0.1) is 17.4 Å². The Bertz CT molecular complexity index is 1070. The highest BCUT2D eigenvalue weighted by Crippen LogP contribution is 2.19. The van der Waals surface area contributed by atoms with E-state index in [1.807, 2.05) is 0 Å². The Morgan fingerprint density at radius 1 is 0.935 bits per heavy atom. The molecule has 0 spiro atoms. The lowest BCUT2D eigenvalue weighted by Gasteiger charge is -2.35. The van der Waals surface area contributed by atoms with Gasteiger partial charge in [0.1, 0.15) is 23.3 Å². The Kier molecular flexibility index (Phi) is 6.18. The number of hydrogen-bond donors (Lipinski definition) is 1. The van der Waals surface area contributed by atoms with E-state index in [0.29, 0.717) is 44.0 Å². The lowest BCUT2D eigenvalue weighted by molar-refractivity contribution is 0.102. The molecule has 31 heavy (non-hydrogen) atoms. The van der Waals surface area contributed by atoms with E-state index in [1.54, 1.807) is 18.2 Å². The Labute approximate surface area is 178 Å². The summed E-state index contributed by atoms with van der Waals surface area (Å²) >= 11 is 0. The average Bonchev–Trinajstić information content (AvgIpc) is 2.77. The van der Waals surface area contributed by atoms with Gasteiger partial charge in [0.15, 0.2) is 0 Å². The molecule has 4 rings (SSSR count). The van der Waals surface area contributed by atoms with Crippen molar-refractivity contribution in [2.24, 2.45) is 0 Å². The van der Waals surface area contributed by atoms with Gasteiger partial charge in [-0.25, -0.2) is 18.2 Å². The van der Waals surface area contributed by atoms with Crippen molar-refractivity contribution in [1.82, 2.24) is 9.88 Å². The molecule has 2 aromatic carbocycles. The van der Waals surface area contributed by atoms with Gasteiger partial charge in [-0.3, -0.25) is 9.69 Å². The first kappa shape index (κ1) is 20.9. The summed E-state index contributed by atoms with van der Waals surface area (Å²) in [5.74, 6) is -1.46. The van der Waals surface area contributed by atoms with Crippen LogP contribution in [-0.2, 0) is 6.54 Å². The molecule has 0 bridgehead atoms. The number of rotatable bonds is 5. The molecule has 1 aliphatic rings. The smallest absolute Gasteiger partial charge is 0.258 e. The number of anilines is 2. The highest BCUT2D eigenvalue weighted by atomic mass is 19.1. The second-order valence-electron chi connectivity index (χ2n) is 7.34. The maximum Gasteiger partial charge on any atom is 0.258 e. The fraction of sp³-hybridized carbons (Fsp3) is 0.217. The van der Waals surface area contributed by atoms with Crippen molar-refractivity contribution in [1.29, 1.82) is 0 Å².